The molecule has 1 aromatic carbocycles. The lowest BCUT2D eigenvalue weighted by molar-refractivity contribution is 0.409. The minimum Gasteiger partial charge on any atom is -0.506 e. The lowest BCUT2D eigenvalue weighted by atomic mass is 10.2. The topological polar surface area (TPSA) is 90.4 Å². The number of aryl methyl sites for hydroxylation is 1. The van der Waals surface area contributed by atoms with E-state index < -0.39 is 5.56 Å². The van der Waals surface area contributed by atoms with Gasteiger partial charge in [0.1, 0.15) is 22.9 Å². The SMILES string of the molecule is COc1ccc(C)cc1-n1nc(CN)c(O)cc1=O. The molecule has 0 radical (unpaired) electrons. The Kier molecular flexibility index (Phi) is 3.52. The van der Waals surface area contributed by atoms with Crippen molar-refractivity contribution in [1.29, 1.82) is 0 Å². The molecule has 0 spiro atoms. The fraction of sp³-hybridized carbons (Fsp3) is 0.231. The van der Waals surface area contributed by atoms with Crippen LogP contribution in [0.5, 0.6) is 11.5 Å². The quantitative estimate of drug-likeness (QED) is 0.849. The van der Waals surface area contributed by atoms with Gasteiger partial charge in [-0.25, -0.2) is 0 Å². The Hall–Kier alpha value is -2.34. The van der Waals surface area contributed by atoms with Crippen LogP contribution in [0.25, 0.3) is 5.69 Å². The van der Waals surface area contributed by atoms with Crippen molar-refractivity contribution >= 4 is 0 Å². The van der Waals surface area contributed by atoms with Crippen LogP contribution in [-0.2, 0) is 6.54 Å². The van der Waals surface area contributed by atoms with Gasteiger partial charge >= 0.3 is 0 Å². The van der Waals surface area contributed by atoms with E-state index in [4.69, 9.17) is 10.5 Å². The molecule has 1 heterocycles. The predicted octanol–water partition coefficient (Wildman–Crippen LogP) is 0.714. The molecule has 0 atom stereocenters. The second-order valence-electron chi connectivity index (χ2n) is 4.11. The number of benzene rings is 1. The summed E-state index contributed by atoms with van der Waals surface area (Å²) >= 11 is 0. The molecule has 0 amide bonds. The van der Waals surface area contributed by atoms with E-state index in [0.717, 1.165) is 11.6 Å². The number of hydrogen-bond acceptors (Lipinski definition) is 5. The lowest BCUT2D eigenvalue weighted by Crippen LogP contribution is -2.23. The first-order chi connectivity index (χ1) is 9.06. The highest BCUT2D eigenvalue weighted by atomic mass is 16.5. The predicted molar refractivity (Wildman–Crippen MR) is 70.7 cm³/mol. The van der Waals surface area contributed by atoms with Gasteiger partial charge in [0.25, 0.3) is 5.56 Å². The molecule has 6 nitrogen and oxygen atoms in total. The van der Waals surface area contributed by atoms with Gasteiger partial charge in [0.2, 0.25) is 0 Å². The zero-order valence-corrected chi connectivity index (χ0v) is 10.8. The van der Waals surface area contributed by atoms with Gasteiger partial charge in [-0.3, -0.25) is 4.79 Å². The first-order valence-electron chi connectivity index (χ1n) is 5.74. The van der Waals surface area contributed by atoms with Crippen LogP contribution in [0.4, 0.5) is 0 Å². The number of ether oxygens (including phenoxy) is 1. The van der Waals surface area contributed by atoms with Gasteiger partial charge in [0.15, 0.2) is 0 Å². The average molecular weight is 261 g/mol. The fourth-order valence-corrected chi connectivity index (χ4v) is 1.77. The highest BCUT2D eigenvalue weighted by molar-refractivity contribution is 5.48. The molecule has 0 aliphatic carbocycles. The summed E-state index contributed by atoms with van der Waals surface area (Å²) in [5, 5.41) is 13.6. The molecule has 100 valence electrons. The van der Waals surface area contributed by atoms with Gasteiger partial charge in [-0.15, -0.1) is 0 Å². The van der Waals surface area contributed by atoms with E-state index in [0.29, 0.717) is 11.4 Å². The largest absolute Gasteiger partial charge is 0.506 e. The summed E-state index contributed by atoms with van der Waals surface area (Å²) in [6.45, 7) is 1.94. The van der Waals surface area contributed by atoms with Crippen molar-refractivity contribution in [2.45, 2.75) is 13.5 Å². The number of aromatic hydroxyl groups is 1. The Morgan fingerprint density at radius 1 is 1.42 bits per heavy atom. The summed E-state index contributed by atoms with van der Waals surface area (Å²) in [5.74, 6) is 0.323. The fourth-order valence-electron chi connectivity index (χ4n) is 1.77. The van der Waals surface area contributed by atoms with Crippen LogP contribution in [-0.4, -0.2) is 22.0 Å². The summed E-state index contributed by atoms with van der Waals surface area (Å²) < 4.78 is 6.39. The Morgan fingerprint density at radius 3 is 2.79 bits per heavy atom. The molecular weight excluding hydrogens is 246 g/mol. The first kappa shape index (κ1) is 13.1. The maximum atomic E-state index is 11.9. The van der Waals surface area contributed by atoms with E-state index in [2.05, 4.69) is 5.10 Å². The Labute approximate surface area is 110 Å². The summed E-state index contributed by atoms with van der Waals surface area (Å²) in [4.78, 5) is 11.9. The molecule has 0 aliphatic heterocycles. The molecule has 0 fully saturated rings. The smallest absolute Gasteiger partial charge is 0.275 e. The van der Waals surface area contributed by atoms with Crippen LogP contribution in [0.15, 0.2) is 29.1 Å². The van der Waals surface area contributed by atoms with Crippen LogP contribution in [0.1, 0.15) is 11.3 Å². The van der Waals surface area contributed by atoms with E-state index in [-0.39, 0.29) is 18.0 Å². The van der Waals surface area contributed by atoms with Crippen molar-refractivity contribution in [3.63, 3.8) is 0 Å². The van der Waals surface area contributed by atoms with Crippen molar-refractivity contribution in [3.05, 3.63) is 45.9 Å². The molecule has 19 heavy (non-hydrogen) atoms. The van der Waals surface area contributed by atoms with E-state index in [9.17, 15) is 9.90 Å². The zero-order chi connectivity index (χ0) is 14.0. The molecule has 0 aliphatic rings. The first-order valence-corrected chi connectivity index (χ1v) is 5.74. The molecule has 0 unspecified atom stereocenters. The van der Waals surface area contributed by atoms with Crippen LogP contribution >= 0.6 is 0 Å². The molecule has 2 rings (SSSR count). The van der Waals surface area contributed by atoms with Gasteiger partial charge < -0.3 is 15.6 Å². The van der Waals surface area contributed by atoms with Crippen molar-refractivity contribution in [3.8, 4) is 17.2 Å². The van der Waals surface area contributed by atoms with Gasteiger partial charge in [-0.2, -0.15) is 9.78 Å². The third-order valence-corrected chi connectivity index (χ3v) is 2.74. The molecule has 0 saturated heterocycles. The van der Waals surface area contributed by atoms with Crippen LogP contribution < -0.4 is 16.0 Å². The van der Waals surface area contributed by atoms with Crippen molar-refractivity contribution in [2.75, 3.05) is 7.11 Å². The number of nitrogens with two attached hydrogens (primary N) is 1. The lowest BCUT2D eigenvalue weighted by Gasteiger charge is -2.12. The van der Waals surface area contributed by atoms with Crippen LogP contribution in [0, 0.1) is 6.92 Å². The van der Waals surface area contributed by atoms with E-state index in [1.54, 1.807) is 12.1 Å². The maximum absolute atomic E-state index is 11.9. The number of hydrogen-bond donors (Lipinski definition) is 2. The average Bonchev–Trinajstić information content (AvgIpc) is 2.39. The summed E-state index contributed by atoms with van der Waals surface area (Å²) in [6.07, 6.45) is 0. The van der Waals surface area contributed by atoms with Crippen molar-refractivity contribution < 1.29 is 9.84 Å². The van der Waals surface area contributed by atoms with Crippen LogP contribution in [0.3, 0.4) is 0 Å². The monoisotopic (exact) mass is 261 g/mol. The van der Waals surface area contributed by atoms with Gasteiger partial charge in [-0.05, 0) is 24.6 Å². The Balaban J connectivity index is 2.71. The molecule has 2 aromatic rings. The highest BCUT2D eigenvalue weighted by Gasteiger charge is 2.12. The third-order valence-electron chi connectivity index (χ3n) is 2.74. The maximum Gasteiger partial charge on any atom is 0.275 e. The second kappa shape index (κ2) is 5.11. The summed E-state index contributed by atoms with van der Waals surface area (Å²) in [5.41, 5.74) is 6.77. The summed E-state index contributed by atoms with van der Waals surface area (Å²) in [6, 6.07) is 6.51. The van der Waals surface area contributed by atoms with Crippen LogP contribution in [0.2, 0.25) is 0 Å². The number of nitrogens with zero attached hydrogens (tertiary/aromatic N) is 2. The molecule has 6 heteroatoms. The number of aromatic nitrogens is 2. The molecule has 0 bridgehead atoms. The second-order valence-corrected chi connectivity index (χ2v) is 4.11. The van der Waals surface area contributed by atoms with E-state index in [1.165, 1.54) is 11.8 Å². The minimum absolute atomic E-state index is 0.0419. The van der Waals surface area contributed by atoms with Gasteiger partial charge in [0.05, 0.1) is 7.11 Å². The number of methoxy groups -OCH3 is 1. The zero-order valence-electron chi connectivity index (χ0n) is 10.8. The highest BCUT2D eigenvalue weighted by Crippen LogP contribution is 2.23. The Bertz CT molecular complexity index is 665. The number of rotatable bonds is 3. The van der Waals surface area contributed by atoms with E-state index >= 15 is 0 Å². The molecule has 0 saturated carbocycles. The summed E-state index contributed by atoms with van der Waals surface area (Å²) in [7, 11) is 1.52. The third kappa shape index (κ3) is 2.43. The molecule has 3 N–H and O–H groups in total. The van der Waals surface area contributed by atoms with E-state index in [1.807, 2.05) is 13.0 Å². The van der Waals surface area contributed by atoms with Crippen molar-refractivity contribution in [2.24, 2.45) is 5.73 Å². The normalized spacial score (nSPS) is 10.5. The van der Waals surface area contributed by atoms with Gasteiger partial charge in [0, 0.05) is 12.6 Å². The molecule has 1 aromatic heterocycles. The van der Waals surface area contributed by atoms with Gasteiger partial charge in [-0.1, -0.05) is 6.07 Å². The minimum atomic E-state index is -0.446. The standard InChI is InChI=1S/C13H15N3O3/c1-8-3-4-12(19-2)10(5-8)16-13(18)6-11(17)9(7-14)15-16/h3-6,17H,7,14H2,1-2H3. The molecular formula is C13H15N3O3. The van der Waals surface area contributed by atoms with Crippen molar-refractivity contribution in [1.82, 2.24) is 9.78 Å². The Morgan fingerprint density at radius 2 is 2.16 bits per heavy atom.